The van der Waals surface area contributed by atoms with Crippen molar-refractivity contribution < 1.29 is 32.9 Å². The van der Waals surface area contributed by atoms with Crippen molar-refractivity contribution in [2.24, 2.45) is 0 Å². The van der Waals surface area contributed by atoms with E-state index in [4.69, 9.17) is 9.47 Å². The normalized spacial score (nSPS) is 19.6. The number of alkyl halides is 2. The Morgan fingerprint density at radius 1 is 1.05 bits per heavy atom. The number of carbonyl (C=O) groups is 1. The van der Waals surface area contributed by atoms with Crippen LogP contribution in [-0.4, -0.2) is 48.8 Å². The highest BCUT2D eigenvalue weighted by Gasteiger charge is 2.35. The second-order valence-electron chi connectivity index (χ2n) is 9.31. The zero-order chi connectivity index (χ0) is 25.9. The molecule has 2 heterocycles. The molecule has 0 aliphatic carbocycles. The summed E-state index contributed by atoms with van der Waals surface area (Å²) in [6.45, 7) is -0.969. The van der Waals surface area contributed by atoms with Gasteiger partial charge >= 0.3 is 6.61 Å². The number of methoxy groups -OCH3 is 1. The van der Waals surface area contributed by atoms with Gasteiger partial charge in [-0.15, -0.1) is 0 Å². The van der Waals surface area contributed by atoms with E-state index in [1.54, 1.807) is 37.4 Å². The van der Waals surface area contributed by atoms with E-state index in [9.17, 15) is 18.7 Å². The van der Waals surface area contributed by atoms with E-state index in [0.717, 1.165) is 16.7 Å². The van der Waals surface area contributed by atoms with Crippen LogP contribution in [0.25, 0.3) is 0 Å². The highest BCUT2D eigenvalue weighted by atomic mass is 19.3. The summed E-state index contributed by atoms with van der Waals surface area (Å²) in [6.07, 6.45) is 0.811. The lowest BCUT2D eigenvalue weighted by Crippen LogP contribution is -2.39. The van der Waals surface area contributed by atoms with Gasteiger partial charge < -0.3 is 24.6 Å². The van der Waals surface area contributed by atoms with Gasteiger partial charge in [-0.2, -0.15) is 8.78 Å². The SMILES string of the molecule is COc1ccc2cc1Oc1cc(ccc1O)CCC(=O)N[C@@H]1CN(Cc3ccc(OC(F)F)cc3)C[C@@H]21. The van der Waals surface area contributed by atoms with E-state index in [-0.39, 0.29) is 29.4 Å². The van der Waals surface area contributed by atoms with Crippen molar-refractivity contribution in [3.63, 3.8) is 0 Å². The molecular weight excluding hydrogens is 482 g/mol. The van der Waals surface area contributed by atoms with Gasteiger partial charge in [-0.1, -0.05) is 24.3 Å². The fourth-order valence-corrected chi connectivity index (χ4v) is 4.99. The lowest BCUT2D eigenvalue weighted by molar-refractivity contribution is -0.121. The van der Waals surface area contributed by atoms with Gasteiger partial charge in [0.1, 0.15) is 5.75 Å². The van der Waals surface area contributed by atoms with Crippen molar-refractivity contribution in [2.45, 2.75) is 38.0 Å². The maximum Gasteiger partial charge on any atom is 0.387 e. The van der Waals surface area contributed by atoms with Gasteiger partial charge in [0.2, 0.25) is 5.91 Å². The van der Waals surface area contributed by atoms with Gasteiger partial charge in [0, 0.05) is 38.0 Å². The summed E-state index contributed by atoms with van der Waals surface area (Å²) in [4.78, 5) is 15.1. The zero-order valence-electron chi connectivity index (χ0n) is 20.3. The Balaban J connectivity index is 1.42. The number of nitrogens with zero attached hydrogens (tertiary/aromatic N) is 1. The van der Waals surface area contributed by atoms with Crippen molar-refractivity contribution in [1.29, 1.82) is 0 Å². The molecule has 3 aromatic carbocycles. The summed E-state index contributed by atoms with van der Waals surface area (Å²) in [5, 5.41) is 13.6. The molecule has 3 aromatic rings. The van der Waals surface area contributed by atoms with Crippen LogP contribution in [0.5, 0.6) is 28.7 Å². The number of likely N-dealkylation sites (tertiary alicyclic amines) is 1. The lowest BCUT2D eigenvalue weighted by atomic mass is 9.93. The van der Waals surface area contributed by atoms with Crippen LogP contribution in [-0.2, 0) is 17.8 Å². The molecule has 2 aliphatic rings. The summed E-state index contributed by atoms with van der Waals surface area (Å²) >= 11 is 0. The molecule has 7 nitrogen and oxygen atoms in total. The van der Waals surface area contributed by atoms with Crippen LogP contribution in [0.4, 0.5) is 8.78 Å². The highest BCUT2D eigenvalue weighted by molar-refractivity contribution is 5.77. The van der Waals surface area contributed by atoms with Crippen molar-refractivity contribution in [2.75, 3.05) is 20.2 Å². The van der Waals surface area contributed by atoms with E-state index in [1.165, 1.54) is 12.1 Å². The maximum absolute atomic E-state index is 12.9. The predicted octanol–water partition coefficient (Wildman–Crippen LogP) is 4.82. The predicted molar refractivity (Wildman–Crippen MR) is 133 cm³/mol. The number of hydrogen-bond donors (Lipinski definition) is 2. The number of amides is 1. The van der Waals surface area contributed by atoms with E-state index >= 15 is 0 Å². The molecule has 0 aromatic heterocycles. The lowest BCUT2D eigenvalue weighted by Gasteiger charge is -2.21. The van der Waals surface area contributed by atoms with Gasteiger partial charge in [-0.3, -0.25) is 9.69 Å². The van der Waals surface area contributed by atoms with Crippen molar-refractivity contribution >= 4 is 5.91 Å². The molecule has 0 saturated carbocycles. The third-order valence-electron chi connectivity index (χ3n) is 6.80. The first-order valence-corrected chi connectivity index (χ1v) is 12.1. The fraction of sp³-hybridized carbons (Fsp3) is 0.321. The second kappa shape index (κ2) is 10.6. The largest absolute Gasteiger partial charge is 0.504 e. The minimum absolute atomic E-state index is 0.00501. The van der Waals surface area contributed by atoms with Crippen LogP contribution in [0.15, 0.2) is 60.7 Å². The number of halogens is 2. The van der Waals surface area contributed by atoms with E-state index < -0.39 is 6.61 Å². The Morgan fingerprint density at radius 3 is 2.62 bits per heavy atom. The number of carbonyl (C=O) groups excluding carboxylic acids is 1. The molecule has 2 N–H and O–H groups in total. The zero-order valence-corrected chi connectivity index (χ0v) is 20.3. The average Bonchev–Trinajstić information content (AvgIpc) is 3.26. The number of nitrogens with one attached hydrogen (secondary N) is 1. The average molecular weight is 511 g/mol. The molecule has 9 heteroatoms. The Kier molecular flexibility index (Phi) is 7.14. The van der Waals surface area contributed by atoms with Gasteiger partial charge in [0.25, 0.3) is 0 Å². The third-order valence-corrected chi connectivity index (χ3v) is 6.80. The molecule has 194 valence electrons. The Hall–Kier alpha value is -3.85. The first-order chi connectivity index (χ1) is 17.9. The quantitative estimate of drug-likeness (QED) is 0.512. The third kappa shape index (κ3) is 5.77. The number of fused-ring (bicyclic) bond motifs is 6. The molecule has 1 saturated heterocycles. The number of phenolic OH excluding ortho intramolecular Hbond substituents is 1. The molecule has 2 aliphatic heterocycles. The Morgan fingerprint density at radius 2 is 1.86 bits per heavy atom. The second-order valence-corrected chi connectivity index (χ2v) is 9.31. The molecule has 2 atom stereocenters. The van der Waals surface area contributed by atoms with Crippen molar-refractivity contribution in [1.82, 2.24) is 10.2 Å². The number of hydrogen-bond acceptors (Lipinski definition) is 6. The molecule has 0 unspecified atom stereocenters. The number of aromatic hydroxyl groups is 1. The van der Waals surface area contributed by atoms with Crippen LogP contribution in [0.2, 0.25) is 0 Å². The summed E-state index contributed by atoms with van der Waals surface area (Å²) in [6, 6.07) is 17.2. The van der Waals surface area contributed by atoms with Gasteiger partial charge in [-0.25, -0.2) is 0 Å². The summed E-state index contributed by atoms with van der Waals surface area (Å²) < 4.78 is 41.0. The van der Waals surface area contributed by atoms with Crippen LogP contribution < -0.4 is 19.5 Å². The van der Waals surface area contributed by atoms with Crippen LogP contribution in [0.1, 0.15) is 29.0 Å². The number of rotatable bonds is 5. The summed E-state index contributed by atoms with van der Waals surface area (Å²) in [5.41, 5.74) is 2.80. The number of benzene rings is 3. The van der Waals surface area contributed by atoms with E-state index in [1.807, 2.05) is 18.2 Å². The maximum atomic E-state index is 12.9. The van der Waals surface area contributed by atoms with Crippen molar-refractivity contribution in [3.8, 4) is 28.7 Å². The molecule has 5 rings (SSSR count). The number of aryl methyl sites for hydroxylation is 1. The molecule has 1 amide bonds. The smallest absolute Gasteiger partial charge is 0.387 e. The van der Waals surface area contributed by atoms with Gasteiger partial charge in [0.15, 0.2) is 23.0 Å². The summed E-state index contributed by atoms with van der Waals surface area (Å²) in [5.74, 6) is 1.37. The van der Waals surface area contributed by atoms with Crippen LogP contribution >= 0.6 is 0 Å². The monoisotopic (exact) mass is 510 g/mol. The summed E-state index contributed by atoms with van der Waals surface area (Å²) in [7, 11) is 1.56. The first kappa shape index (κ1) is 24.8. The number of phenols is 1. The molecular formula is C28H28F2N2O5. The number of ether oxygens (including phenoxy) is 3. The standard InChI is InChI=1S/C28H28F2N2O5/c1-35-24-10-6-19-13-26(24)37-25-12-17(4-9-23(25)33)5-11-27(34)31-22-16-32(15-21(19)22)14-18-2-7-20(8-3-18)36-28(29)30/h2-4,6-10,12-13,21-22,28,33H,5,11,14-16H2,1H3,(H,31,34)/t21-,22+/m0/s1. The van der Waals surface area contributed by atoms with Gasteiger partial charge in [-0.05, 0) is 59.5 Å². The fourth-order valence-electron chi connectivity index (χ4n) is 4.99. The van der Waals surface area contributed by atoms with E-state index in [0.29, 0.717) is 49.7 Å². The van der Waals surface area contributed by atoms with Crippen LogP contribution in [0, 0.1) is 0 Å². The van der Waals surface area contributed by atoms with E-state index in [2.05, 4.69) is 15.0 Å². The Bertz CT molecular complexity index is 1270. The van der Waals surface area contributed by atoms with Gasteiger partial charge in [0.05, 0.1) is 7.11 Å². The van der Waals surface area contributed by atoms with Crippen molar-refractivity contribution in [3.05, 3.63) is 77.4 Å². The van der Waals surface area contributed by atoms with Crippen LogP contribution in [0.3, 0.4) is 0 Å². The molecule has 1 fully saturated rings. The minimum atomic E-state index is -2.86. The molecule has 4 bridgehead atoms. The minimum Gasteiger partial charge on any atom is -0.504 e. The first-order valence-electron chi connectivity index (χ1n) is 12.1. The highest BCUT2D eigenvalue weighted by Crippen LogP contribution is 2.40. The molecule has 0 radical (unpaired) electrons. The molecule has 37 heavy (non-hydrogen) atoms. The Labute approximate surface area is 213 Å². The molecule has 0 spiro atoms. The topological polar surface area (TPSA) is 80.3 Å².